The number of aromatic nitrogens is 1. The van der Waals surface area contributed by atoms with E-state index >= 15 is 0 Å². The zero-order valence-corrected chi connectivity index (χ0v) is 18.1. The number of nitrogens with zero attached hydrogens (tertiary/aromatic N) is 2. The molecule has 4 atom stereocenters. The minimum atomic E-state index is -1.32. The van der Waals surface area contributed by atoms with Gasteiger partial charge in [0, 0.05) is 25.2 Å². The number of carboxylic acids is 1. The Kier molecular flexibility index (Phi) is 7.28. The van der Waals surface area contributed by atoms with Gasteiger partial charge in [-0.25, -0.2) is 9.18 Å². The molecule has 1 saturated heterocycles. The Hall–Kier alpha value is -2.22. The maximum absolute atomic E-state index is 13.7. The highest BCUT2D eigenvalue weighted by atomic mass is 35.5. The highest BCUT2D eigenvalue weighted by molar-refractivity contribution is 6.29. The van der Waals surface area contributed by atoms with E-state index in [0.29, 0.717) is 0 Å². The average Bonchev–Trinajstić information content (AvgIpc) is 2.70. The van der Waals surface area contributed by atoms with E-state index in [4.69, 9.17) is 16.3 Å². The molecule has 2 aromatic rings. The first-order chi connectivity index (χ1) is 14.3. The lowest BCUT2D eigenvalue weighted by molar-refractivity contribution is 0.0286. The van der Waals surface area contributed by atoms with E-state index in [1.807, 2.05) is 25.1 Å². The minimum Gasteiger partial charge on any atom is -0.477 e. The number of pyridine rings is 1. The molecule has 1 aliphatic heterocycles. The smallest absolute Gasteiger partial charge is 0.341 e. The van der Waals surface area contributed by atoms with Crippen LogP contribution in [0.1, 0.15) is 43.1 Å². The number of hydrogen-bond donors (Lipinski definition) is 2. The molecule has 0 aliphatic carbocycles. The first-order valence-corrected chi connectivity index (χ1v) is 10.5. The summed E-state index contributed by atoms with van der Waals surface area (Å²) in [6.07, 6.45) is 0.469. The number of benzene rings is 1. The fraction of sp³-hybridized carbons (Fsp3) is 0.455. The van der Waals surface area contributed by atoms with Crippen LogP contribution in [0.4, 0.5) is 4.39 Å². The number of hydrogen-bond acceptors (Lipinski definition) is 5. The van der Waals surface area contributed by atoms with Gasteiger partial charge in [-0.15, -0.1) is 0 Å². The molecule has 1 aliphatic rings. The van der Waals surface area contributed by atoms with Gasteiger partial charge in [-0.3, -0.25) is 4.90 Å². The van der Waals surface area contributed by atoms with Crippen LogP contribution < -0.4 is 10.1 Å². The van der Waals surface area contributed by atoms with E-state index in [0.717, 1.165) is 25.6 Å². The van der Waals surface area contributed by atoms with E-state index in [1.54, 1.807) is 0 Å². The molecule has 2 heterocycles. The fourth-order valence-corrected chi connectivity index (χ4v) is 4.24. The van der Waals surface area contributed by atoms with Crippen LogP contribution >= 0.6 is 11.6 Å². The maximum atomic E-state index is 13.7. The maximum Gasteiger partial charge on any atom is 0.341 e. The molecule has 6 nitrogen and oxygen atoms in total. The van der Waals surface area contributed by atoms with Crippen molar-refractivity contribution in [1.82, 2.24) is 15.2 Å². The van der Waals surface area contributed by atoms with E-state index in [9.17, 15) is 14.3 Å². The molecular formula is C22H27ClFN3O3. The molecule has 3 rings (SSSR count). The molecule has 162 valence electrons. The average molecular weight is 436 g/mol. The highest BCUT2D eigenvalue weighted by Gasteiger charge is 2.37. The van der Waals surface area contributed by atoms with Crippen molar-refractivity contribution in [3.05, 3.63) is 58.5 Å². The van der Waals surface area contributed by atoms with Crippen LogP contribution in [0.25, 0.3) is 0 Å². The molecule has 0 saturated carbocycles. The number of halogens is 2. The van der Waals surface area contributed by atoms with Gasteiger partial charge in [-0.2, -0.15) is 4.98 Å². The lowest BCUT2D eigenvalue weighted by Crippen LogP contribution is -2.65. The van der Waals surface area contributed by atoms with Crippen LogP contribution in [-0.4, -0.2) is 51.7 Å². The lowest BCUT2D eigenvalue weighted by atomic mass is 9.93. The van der Waals surface area contributed by atoms with E-state index < -0.39 is 23.0 Å². The summed E-state index contributed by atoms with van der Waals surface area (Å²) in [5, 5.41) is 12.6. The zero-order chi connectivity index (χ0) is 21.8. The predicted octanol–water partition coefficient (Wildman–Crippen LogP) is 3.98. The molecule has 8 heteroatoms. The Morgan fingerprint density at radius 3 is 2.77 bits per heavy atom. The van der Waals surface area contributed by atoms with Crippen molar-refractivity contribution in [2.24, 2.45) is 0 Å². The topological polar surface area (TPSA) is 74.7 Å². The Balaban J connectivity index is 1.82. The third-order valence-electron chi connectivity index (χ3n) is 5.45. The van der Waals surface area contributed by atoms with Crippen molar-refractivity contribution in [3.63, 3.8) is 0 Å². The molecule has 0 radical (unpaired) electrons. The van der Waals surface area contributed by atoms with Crippen molar-refractivity contribution in [3.8, 4) is 5.88 Å². The van der Waals surface area contributed by atoms with Crippen molar-refractivity contribution in [2.45, 2.75) is 58.0 Å². The zero-order valence-electron chi connectivity index (χ0n) is 17.3. The van der Waals surface area contributed by atoms with Gasteiger partial charge in [0.25, 0.3) is 0 Å². The van der Waals surface area contributed by atoms with E-state index in [-0.39, 0.29) is 29.6 Å². The fourth-order valence-electron chi connectivity index (χ4n) is 4.11. The molecular weight excluding hydrogens is 409 g/mol. The Morgan fingerprint density at radius 1 is 1.43 bits per heavy atom. The van der Waals surface area contributed by atoms with Gasteiger partial charge in [0.05, 0.1) is 6.04 Å². The number of rotatable bonds is 7. The van der Waals surface area contributed by atoms with Crippen molar-refractivity contribution in [1.29, 1.82) is 0 Å². The van der Waals surface area contributed by atoms with Gasteiger partial charge in [-0.1, -0.05) is 48.9 Å². The van der Waals surface area contributed by atoms with Crippen molar-refractivity contribution < 1.29 is 19.0 Å². The first-order valence-electron chi connectivity index (χ1n) is 10.1. The Labute approximate surface area is 181 Å². The monoisotopic (exact) mass is 435 g/mol. The van der Waals surface area contributed by atoms with Crippen LogP contribution in [0.2, 0.25) is 5.15 Å². The van der Waals surface area contributed by atoms with Gasteiger partial charge < -0.3 is 15.2 Å². The van der Waals surface area contributed by atoms with Crippen molar-refractivity contribution >= 4 is 17.6 Å². The summed E-state index contributed by atoms with van der Waals surface area (Å²) >= 11 is 5.77. The molecule has 1 aromatic heterocycles. The Morgan fingerprint density at radius 2 is 2.13 bits per heavy atom. The summed E-state index contributed by atoms with van der Waals surface area (Å²) in [6, 6.07) is 11.4. The summed E-state index contributed by atoms with van der Waals surface area (Å²) in [7, 11) is 0. The quantitative estimate of drug-likeness (QED) is 0.641. The largest absolute Gasteiger partial charge is 0.477 e. The summed E-state index contributed by atoms with van der Waals surface area (Å²) in [5.74, 6) is -2.38. The van der Waals surface area contributed by atoms with Crippen molar-refractivity contribution in [2.75, 3.05) is 6.54 Å². The number of ether oxygens (including phenoxy) is 1. The van der Waals surface area contributed by atoms with Crippen LogP contribution in [0.3, 0.4) is 0 Å². The van der Waals surface area contributed by atoms with E-state index in [1.165, 1.54) is 5.56 Å². The molecule has 2 N–H and O–H groups in total. The summed E-state index contributed by atoms with van der Waals surface area (Å²) < 4.78 is 19.6. The molecule has 0 amide bonds. The van der Waals surface area contributed by atoms with Gasteiger partial charge in [0.1, 0.15) is 11.7 Å². The highest BCUT2D eigenvalue weighted by Crippen LogP contribution is 2.27. The second-order valence-corrected chi connectivity index (χ2v) is 8.08. The first kappa shape index (κ1) is 22.5. The van der Waals surface area contributed by atoms with Gasteiger partial charge in [-0.05, 0) is 31.9 Å². The molecule has 30 heavy (non-hydrogen) atoms. The predicted molar refractivity (Wildman–Crippen MR) is 114 cm³/mol. The summed E-state index contributed by atoms with van der Waals surface area (Å²) in [5.41, 5.74) is 0.888. The molecule has 1 unspecified atom stereocenters. The minimum absolute atomic E-state index is 0.0743. The third kappa shape index (κ3) is 5.09. The summed E-state index contributed by atoms with van der Waals surface area (Å²) in [4.78, 5) is 17.8. The number of carbonyl (C=O) groups is 1. The second kappa shape index (κ2) is 9.73. The van der Waals surface area contributed by atoms with Crippen LogP contribution in [0.15, 0.2) is 36.4 Å². The Bertz CT molecular complexity index is 883. The van der Waals surface area contributed by atoms with Gasteiger partial charge >= 0.3 is 5.97 Å². The third-order valence-corrected chi connectivity index (χ3v) is 5.71. The number of aromatic carboxylic acids is 1. The second-order valence-electron chi connectivity index (χ2n) is 7.73. The number of nitrogens with one attached hydrogen (secondary N) is 1. The van der Waals surface area contributed by atoms with Crippen LogP contribution in [0.5, 0.6) is 5.88 Å². The lowest BCUT2D eigenvalue weighted by Gasteiger charge is -2.46. The molecule has 1 fully saturated rings. The summed E-state index contributed by atoms with van der Waals surface area (Å²) in [6.45, 7) is 7.80. The standard InChI is InChI=1S/C22H27ClFN3O3/c1-4-18-19(25-13(2)11-27(18)12-15-8-6-5-7-9-15)14(3)30-21-16(22(28)29)10-17(24)20(23)26-21/h5-10,13-14,18-19,25H,4,11-12H2,1-3H3,(H,28,29)/t13-,14+,18?,19-/m1/s1. The normalized spacial score (nSPS) is 23.2. The van der Waals surface area contributed by atoms with Crippen LogP contribution in [0, 0.1) is 5.82 Å². The van der Waals surface area contributed by atoms with E-state index in [2.05, 4.69) is 41.2 Å². The molecule has 1 aromatic carbocycles. The SMILES string of the molecule is CCC1[C@@H]([C@H](C)Oc2nc(Cl)c(F)cc2C(=O)O)N[C@H](C)CN1Cc1ccccc1. The molecule has 0 spiro atoms. The number of piperazine rings is 1. The van der Waals surface area contributed by atoms with Gasteiger partial charge in [0.2, 0.25) is 5.88 Å². The van der Waals surface area contributed by atoms with Gasteiger partial charge in [0.15, 0.2) is 11.0 Å². The number of carboxylic acid groups (broad SMARTS) is 1. The van der Waals surface area contributed by atoms with Crippen LogP contribution in [-0.2, 0) is 6.54 Å². The molecule has 0 bridgehead atoms.